The van der Waals surface area contributed by atoms with Crippen molar-refractivity contribution in [3.05, 3.63) is 0 Å². The number of sulfone groups is 1. The second-order valence-electron chi connectivity index (χ2n) is 4.05. The van der Waals surface area contributed by atoms with Gasteiger partial charge < -0.3 is 5.32 Å². The van der Waals surface area contributed by atoms with E-state index >= 15 is 0 Å². The quantitative estimate of drug-likeness (QED) is 0.802. The molecule has 0 radical (unpaired) electrons. The monoisotopic (exact) mass is 259 g/mol. The summed E-state index contributed by atoms with van der Waals surface area (Å²) in [7, 11) is -3.85. The van der Waals surface area contributed by atoms with E-state index in [2.05, 4.69) is 5.32 Å². The number of alkyl halides is 3. The maximum atomic E-state index is 12.4. The van der Waals surface area contributed by atoms with Crippen LogP contribution < -0.4 is 5.32 Å². The molecule has 1 aliphatic rings. The number of carbonyl (C=O) groups is 1. The third-order valence-electron chi connectivity index (χ3n) is 2.79. The van der Waals surface area contributed by atoms with Crippen LogP contribution in [0.25, 0.3) is 0 Å². The van der Waals surface area contributed by atoms with Crippen LogP contribution in [0, 0.1) is 5.92 Å². The molecule has 0 unspecified atom stereocenters. The number of hydrogen-bond donors (Lipinski definition) is 1. The summed E-state index contributed by atoms with van der Waals surface area (Å²) in [6.07, 6.45) is -4.25. The normalized spacial score (nSPS) is 29.9. The molecule has 0 spiro atoms. The Bertz CT molecular complexity index is 403. The van der Waals surface area contributed by atoms with Crippen molar-refractivity contribution in [2.24, 2.45) is 5.92 Å². The highest BCUT2D eigenvalue weighted by atomic mass is 32.2. The van der Waals surface area contributed by atoms with E-state index in [1.807, 2.05) is 0 Å². The van der Waals surface area contributed by atoms with Crippen LogP contribution in [0.2, 0.25) is 0 Å². The molecule has 94 valence electrons. The third-order valence-corrected chi connectivity index (χ3v) is 4.87. The molecule has 16 heavy (non-hydrogen) atoms. The summed E-state index contributed by atoms with van der Waals surface area (Å²) in [6.45, 7) is 0.645. The standard InChI is InChI=1S/C8H12F3NO3S/c1-5(13)12-4-7(16(2,14)15)3-6(7)8(9,10)11/h6H,3-4H2,1-2H3,(H,12,13)/t6-,7+/m0/s1. The van der Waals surface area contributed by atoms with E-state index in [1.54, 1.807) is 0 Å². The van der Waals surface area contributed by atoms with Gasteiger partial charge >= 0.3 is 6.18 Å². The fourth-order valence-electron chi connectivity index (χ4n) is 1.71. The van der Waals surface area contributed by atoms with Crippen LogP contribution in [0.4, 0.5) is 13.2 Å². The van der Waals surface area contributed by atoms with Crippen molar-refractivity contribution in [3.63, 3.8) is 0 Å². The van der Waals surface area contributed by atoms with Gasteiger partial charge in [-0.2, -0.15) is 13.2 Å². The fraction of sp³-hybridized carbons (Fsp3) is 0.875. The minimum atomic E-state index is -4.54. The van der Waals surface area contributed by atoms with Gasteiger partial charge in [-0.05, 0) is 6.42 Å². The first-order valence-electron chi connectivity index (χ1n) is 4.51. The molecule has 1 saturated carbocycles. The summed E-state index contributed by atoms with van der Waals surface area (Å²) in [5, 5.41) is 2.14. The molecule has 0 saturated heterocycles. The van der Waals surface area contributed by atoms with E-state index in [9.17, 15) is 26.4 Å². The molecule has 2 atom stereocenters. The molecule has 1 fully saturated rings. The second-order valence-corrected chi connectivity index (χ2v) is 6.40. The lowest BCUT2D eigenvalue weighted by Gasteiger charge is -2.17. The van der Waals surface area contributed by atoms with Crippen molar-refractivity contribution in [2.45, 2.75) is 24.3 Å². The molecule has 1 aliphatic carbocycles. The molecule has 8 heteroatoms. The fourth-order valence-corrected chi connectivity index (χ4v) is 3.17. The number of rotatable bonds is 3. The Labute approximate surface area is 91.1 Å². The van der Waals surface area contributed by atoms with Crippen molar-refractivity contribution < 1.29 is 26.4 Å². The van der Waals surface area contributed by atoms with Crippen LogP contribution in [0.1, 0.15) is 13.3 Å². The molecular formula is C8H12F3NO3S. The van der Waals surface area contributed by atoms with Crippen LogP contribution in [0.15, 0.2) is 0 Å². The highest BCUT2D eigenvalue weighted by Gasteiger charge is 2.72. The zero-order valence-corrected chi connectivity index (χ0v) is 9.57. The minimum Gasteiger partial charge on any atom is -0.355 e. The Morgan fingerprint density at radius 1 is 1.50 bits per heavy atom. The van der Waals surface area contributed by atoms with Crippen LogP contribution in [0.5, 0.6) is 0 Å². The van der Waals surface area contributed by atoms with E-state index in [0.717, 1.165) is 13.2 Å². The molecule has 4 nitrogen and oxygen atoms in total. The average molecular weight is 259 g/mol. The van der Waals surface area contributed by atoms with Gasteiger partial charge in [0.1, 0.15) is 4.75 Å². The van der Waals surface area contributed by atoms with E-state index in [-0.39, 0.29) is 0 Å². The van der Waals surface area contributed by atoms with E-state index < -0.39 is 45.6 Å². The highest BCUT2D eigenvalue weighted by Crippen LogP contribution is 2.57. The van der Waals surface area contributed by atoms with Gasteiger partial charge in [0.15, 0.2) is 9.84 Å². The zero-order chi connectivity index (χ0) is 12.8. The molecule has 0 heterocycles. The molecule has 1 amide bonds. The number of nitrogens with one attached hydrogen (secondary N) is 1. The molecule has 0 aromatic heterocycles. The van der Waals surface area contributed by atoms with Gasteiger partial charge in [0.2, 0.25) is 5.91 Å². The number of halogens is 3. The van der Waals surface area contributed by atoms with Crippen LogP contribution >= 0.6 is 0 Å². The maximum absolute atomic E-state index is 12.4. The van der Waals surface area contributed by atoms with Gasteiger partial charge in [0, 0.05) is 19.7 Å². The van der Waals surface area contributed by atoms with Gasteiger partial charge in [-0.3, -0.25) is 4.79 Å². The Morgan fingerprint density at radius 2 is 2.00 bits per heavy atom. The summed E-state index contributed by atoms with van der Waals surface area (Å²) in [5.74, 6) is -2.42. The summed E-state index contributed by atoms with van der Waals surface area (Å²) >= 11 is 0. The summed E-state index contributed by atoms with van der Waals surface area (Å²) in [6, 6.07) is 0. The van der Waals surface area contributed by atoms with Crippen molar-refractivity contribution >= 4 is 15.7 Å². The second kappa shape index (κ2) is 3.61. The van der Waals surface area contributed by atoms with E-state index in [1.165, 1.54) is 0 Å². The van der Waals surface area contributed by atoms with Gasteiger partial charge in [0.05, 0.1) is 5.92 Å². The molecule has 0 aromatic carbocycles. The molecule has 1 rings (SSSR count). The van der Waals surface area contributed by atoms with Crippen molar-refractivity contribution in [1.82, 2.24) is 5.32 Å². The predicted molar refractivity (Wildman–Crippen MR) is 50.4 cm³/mol. The topological polar surface area (TPSA) is 63.2 Å². The van der Waals surface area contributed by atoms with Gasteiger partial charge in [-0.1, -0.05) is 0 Å². The predicted octanol–water partition coefficient (Wildman–Crippen LogP) is 0.488. The van der Waals surface area contributed by atoms with E-state index in [4.69, 9.17) is 0 Å². The maximum Gasteiger partial charge on any atom is 0.393 e. The SMILES string of the molecule is CC(=O)NC[C@]1(S(C)(=O)=O)C[C@@H]1C(F)(F)F. The van der Waals surface area contributed by atoms with Crippen LogP contribution in [-0.4, -0.2) is 38.0 Å². The summed E-state index contributed by atoms with van der Waals surface area (Å²) in [5.41, 5.74) is 0. The number of hydrogen-bond acceptors (Lipinski definition) is 3. The third kappa shape index (κ3) is 2.31. The molecule has 0 bridgehead atoms. The lowest BCUT2D eigenvalue weighted by atomic mass is 10.3. The van der Waals surface area contributed by atoms with Crippen molar-refractivity contribution in [1.29, 1.82) is 0 Å². The minimum absolute atomic E-state index is 0.477. The Balaban J connectivity index is 2.89. The van der Waals surface area contributed by atoms with Gasteiger partial charge in [-0.25, -0.2) is 8.42 Å². The Hall–Kier alpha value is -0.790. The zero-order valence-electron chi connectivity index (χ0n) is 8.76. The van der Waals surface area contributed by atoms with Crippen LogP contribution in [-0.2, 0) is 14.6 Å². The lowest BCUT2D eigenvalue weighted by molar-refractivity contribution is -0.149. The van der Waals surface area contributed by atoms with Crippen LogP contribution in [0.3, 0.4) is 0 Å². The molecule has 1 N–H and O–H groups in total. The first-order chi connectivity index (χ1) is 7.01. The molecule has 0 aliphatic heterocycles. The van der Waals surface area contributed by atoms with Crippen molar-refractivity contribution in [2.75, 3.05) is 12.8 Å². The molecular weight excluding hydrogens is 247 g/mol. The Morgan fingerprint density at radius 3 is 2.25 bits per heavy atom. The smallest absolute Gasteiger partial charge is 0.355 e. The lowest BCUT2D eigenvalue weighted by Crippen LogP contribution is -2.41. The summed E-state index contributed by atoms with van der Waals surface area (Å²) < 4.78 is 58.0. The highest BCUT2D eigenvalue weighted by molar-refractivity contribution is 7.92. The van der Waals surface area contributed by atoms with Gasteiger partial charge in [-0.15, -0.1) is 0 Å². The average Bonchev–Trinajstić information content (AvgIpc) is 2.73. The largest absolute Gasteiger partial charge is 0.393 e. The Kier molecular flexibility index (Phi) is 3.00. The first kappa shape index (κ1) is 13.3. The first-order valence-corrected chi connectivity index (χ1v) is 6.40. The number of amides is 1. The van der Waals surface area contributed by atoms with E-state index in [0.29, 0.717) is 0 Å². The number of carbonyl (C=O) groups excluding carboxylic acids is 1. The summed E-state index contributed by atoms with van der Waals surface area (Å²) in [4.78, 5) is 10.6. The molecule has 0 aromatic rings. The van der Waals surface area contributed by atoms with Crippen molar-refractivity contribution in [3.8, 4) is 0 Å². The van der Waals surface area contributed by atoms with Gasteiger partial charge in [0.25, 0.3) is 0 Å².